The van der Waals surface area contributed by atoms with Crippen molar-refractivity contribution in [2.24, 2.45) is 0 Å². The molecule has 1 aromatic carbocycles. The van der Waals surface area contributed by atoms with E-state index in [-0.39, 0.29) is 29.5 Å². The van der Waals surface area contributed by atoms with E-state index < -0.39 is 5.60 Å². The smallest absolute Gasteiger partial charge is 0.410 e. The van der Waals surface area contributed by atoms with E-state index in [4.69, 9.17) is 9.47 Å². The van der Waals surface area contributed by atoms with Crippen LogP contribution in [0.4, 0.5) is 4.79 Å². The number of hydrogen-bond acceptors (Lipinski definition) is 5. The van der Waals surface area contributed by atoms with Crippen LogP contribution in [0, 0.1) is 0 Å². The summed E-state index contributed by atoms with van der Waals surface area (Å²) >= 11 is 0. The molecule has 0 radical (unpaired) electrons. The van der Waals surface area contributed by atoms with Gasteiger partial charge in [-0.1, -0.05) is 13.3 Å². The van der Waals surface area contributed by atoms with Gasteiger partial charge < -0.3 is 24.4 Å². The third kappa shape index (κ3) is 3.82. The molecule has 0 aliphatic carbocycles. The van der Waals surface area contributed by atoms with Gasteiger partial charge in [0.2, 0.25) is 0 Å². The van der Waals surface area contributed by atoms with Gasteiger partial charge in [-0.2, -0.15) is 0 Å². The molecule has 27 heavy (non-hydrogen) atoms. The molecule has 2 amide bonds. The summed E-state index contributed by atoms with van der Waals surface area (Å²) < 4.78 is 10.8. The highest BCUT2D eigenvalue weighted by Crippen LogP contribution is 2.35. The van der Waals surface area contributed by atoms with Crippen molar-refractivity contribution in [2.45, 2.75) is 51.2 Å². The van der Waals surface area contributed by atoms with Crippen molar-refractivity contribution in [1.82, 2.24) is 9.80 Å². The zero-order chi connectivity index (χ0) is 19.6. The first kappa shape index (κ1) is 19.3. The van der Waals surface area contributed by atoms with Crippen molar-refractivity contribution in [3.05, 3.63) is 23.8 Å². The Morgan fingerprint density at radius 3 is 2.70 bits per heavy atom. The Hall–Kier alpha value is -2.44. The van der Waals surface area contributed by atoms with E-state index in [9.17, 15) is 14.7 Å². The number of phenols is 1. The van der Waals surface area contributed by atoms with Crippen LogP contribution >= 0.6 is 0 Å². The lowest BCUT2D eigenvalue weighted by Crippen LogP contribution is -2.49. The van der Waals surface area contributed by atoms with Crippen molar-refractivity contribution < 1.29 is 24.2 Å². The lowest BCUT2D eigenvalue weighted by molar-refractivity contribution is 0.00306. The molecule has 3 rings (SSSR count). The average molecular weight is 376 g/mol. The number of carbonyl (C=O) groups excluding carboxylic acids is 2. The molecule has 0 saturated carbocycles. The monoisotopic (exact) mass is 376 g/mol. The average Bonchev–Trinajstić information content (AvgIpc) is 2.98. The van der Waals surface area contributed by atoms with E-state index in [1.54, 1.807) is 17.0 Å². The van der Waals surface area contributed by atoms with Gasteiger partial charge in [-0.3, -0.25) is 4.79 Å². The highest BCUT2D eigenvalue weighted by molar-refractivity contribution is 5.95. The zero-order valence-electron chi connectivity index (χ0n) is 16.2. The molecule has 1 aromatic rings. The Bertz CT molecular complexity index is 712. The molecule has 2 aliphatic rings. The Labute approximate surface area is 159 Å². The van der Waals surface area contributed by atoms with E-state index in [2.05, 4.69) is 13.8 Å². The lowest BCUT2D eigenvalue weighted by Gasteiger charge is -2.37. The molecule has 2 fully saturated rings. The van der Waals surface area contributed by atoms with Gasteiger partial charge in [0.15, 0.2) is 11.5 Å². The number of likely N-dealkylation sites (tertiary alicyclic amines) is 1. The van der Waals surface area contributed by atoms with Crippen LogP contribution in [0.15, 0.2) is 18.2 Å². The number of aromatic hydroxyl groups is 1. The number of ether oxygens (including phenoxy) is 2. The maximum atomic E-state index is 12.8. The van der Waals surface area contributed by atoms with Gasteiger partial charge in [0.25, 0.3) is 5.91 Å². The van der Waals surface area contributed by atoms with Crippen LogP contribution in [0.25, 0.3) is 0 Å². The number of methoxy groups -OCH3 is 1. The number of phenolic OH excluding ortho intramolecular Hbond substituents is 1. The quantitative estimate of drug-likeness (QED) is 0.855. The molecule has 1 N–H and O–H groups in total. The van der Waals surface area contributed by atoms with Crippen LogP contribution in [0.3, 0.4) is 0 Å². The molecule has 2 heterocycles. The normalized spacial score (nSPS) is 19.9. The van der Waals surface area contributed by atoms with Crippen LogP contribution in [-0.2, 0) is 4.74 Å². The van der Waals surface area contributed by atoms with Crippen molar-refractivity contribution in [3.63, 3.8) is 0 Å². The Balaban J connectivity index is 1.63. The van der Waals surface area contributed by atoms with Crippen LogP contribution < -0.4 is 4.74 Å². The molecule has 1 atom stereocenters. The van der Waals surface area contributed by atoms with E-state index in [1.165, 1.54) is 13.2 Å². The van der Waals surface area contributed by atoms with E-state index in [0.29, 0.717) is 38.0 Å². The van der Waals surface area contributed by atoms with Gasteiger partial charge in [-0.25, -0.2) is 4.79 Å². The molecule has 0 aromatic heterocycles. The van der Waals surface area contributed by atoms with Gasteiger partial charge in [-0.15, -0.1) is 0 Å². The molecule has 7 nitrogen and oxygen atoms in total. The number of benzene rings is 1. The summed E-state index contributed by atoms with van der Waals surface area (Å²) in [7, 11) is 1.45. The van der Waals surface area contributed by atoms with Crippen molar-refractivity contribution in [3.8, 4) is 11.5 Å². The number of nitrogens with zero attached hydrogens (tertiary/aromatic N) is 2. The maximum absolute atomic E-state index is 12.8. The number of carbonyl (C=O) groups is 2. The molecule has 2 aliphatic heterocycles. The molecular weight excluding hydrogens is 348 g/mol. The van der Waals surface area contributed by atoms with E-state index in [1.807, 2.05) is 4.90 Å². The SMILES string of the molecule is CCCC(C)N1CC2(CCN(C(=O)c3ccc(O)c(OC)c3)CC2)OC1=O. The highest BCUT2D eigenvalue weighted by atomic mass is 16.6. The van der Waals surface area contributed by atoms with Crippen LogP contribution in [0.1, 0.15) is 49.9 Å². The van der Waals surface area contributed by atoms with Crippen LogP contribution in [0.2, 0.25) is 0 Å². The summed E-state index contributed by atoms with van der Waals surface area (Å²) in [6.45, 7) is 5.83. The van der Waals surface area contributed by atoms with Crippen molar-refractivity contribution in [2.75, 3.05) is 26.7 Å². The molecule has 1 unspecified atom stereocenters. The third-order valence-electron chi connectivity index (χ3n) is 5.62. The number of rotatable bonds is 5. The zero-order valence-corrected chi connectivity index (χ0v) is 16.2. The van der Waals surface area contributed by atoms with Crippen molar-refractivity contribution in [1.29, 1.82) is 0 Å². The Morgan fingerprint density at radius 1 is 1.37 bits per heavy atom. The lowest BCUT2D eigenvalue weighted by atomic mass is 9.90. The topological polar surface area (TPSA) is 79.3 Å². The first-order valence-electron chi connectivity index (χ1n) is 9.55. The van der Waals surface area contributed by atoms with Gasteiger partial charge in [0.1, 0.15) is 5.60 Å². The molecule has 148 valence electrons. The number of amides is 2. The summed E-state index contributed by atoms with van der Waals surface area (Å²) in [5.41, 5.74) is -0.00935. The van der Waals surface area contributed by atoms with Crippen molar-refractivity contribution >= 4 is 12.0 Å². The van der Waals surface area contributed by atoms with Gasteiger partial charge in [0, 0.05) is 37.5 Å². The minimum Gasteiger partial charge on any atom is -0.504 e. The number of hydrogen-bond donors (Lipinski definition) is 1. The first-order valence-corrected chi connectivity index (χ1v) is 9.55. The fourth-order valence-corrected chi connectivity index (χ4v) is 3.93. The molecular formula is C20H28N2O5. The maximum Gasteiger partial charge on any atom is 0.410 e. The van der Waals surface area contributed by atoms with Crippen LogP contribution in [-0.4, -0.2) is 65.3 Å². The second-order valence-corrected chi connectivity index (χ2v) is 7.50. The van der Waals surface area contributed by atoms with Gasteiger partial charge in [-0.05, 0) is 31.5 Å². The summed E-state index contributed by atoms with van der Waals surface area (Å²) in [5, 5.41) is 9.70. The highest BCUT2D eigenvalue weighted by Gasteiger charge is 2.48. The number of piperidine rings is 1. The van der Waals surface area contributed by atoms with E-state index in [0.717, 1.165) is 12.8 Å². The molecule has 2 saturated heterocycles. The van der Waals surface area contributed by atoms with Crippen LogP contribution in [0.5, 0.6) is 11.5 Å². The minimum atomic E-state index is -0.484. The second kappa shape index (κ2) is 7.66. The Kier molecular flexibility index (Phi) is 5.48. The third-order valence-corrected chi connectivity index (χ3v) is 5.62. The fraction of sp³-hybridized carbons (Fsp3) is 0.600. The first-order chi connectivity index (χ1) is 12.9. The van der Waals surface area contributed by atoms with Gasteiger partial charge >= 0.3 is 6.09 Å². The van der Waals surface area contributed by atoms with E-state index >= 15 is 0 Å². The summed E-state index contributed by atoms with van der Waals surface area (Å²) in [6, 6.07) is 4.77. The molecule has 0 bridgehead atoms. The molecule has 1 spiro atoms. The largest absolute Gasteiger partial charge is 0.504 e. The summed E-state index contributed by atoms with van der Waals surface area (Å²) in [6.07, 6.45) is 3.01. The summed E-state index contributed by atoms with van der Waals surface area (Å²) in [4.78, 5) is 28.7. The standard InChI is InChI=1S/C20H28N2O5/c1-4-5-14(2)22-13-20(27-19(22)25)8-10-21(11-9-20)18(24)15-6-7-16(23)17(12-15)26-3/h6-7,12,14,23H,4-5,8-11,13H2,1-3H3. The fourth-order valence-electron chi connectivity index (χ4n) is 3.93. The predicted molar refractivity (Wildman–Crippen MR) is 100 cm³/mol. The predicted octanol–water partition coefficient (Wildman–Crippen LogP) is 3.02. The molecule has 7 heteroatoms. The van der Waals surface area contributed by atoms with Gasteiger partial charge in [0.05, 0.1) is 13.7 Å². The summed E-state index contributed by atoms with van der Waals surface area (Å²) in [5.74, 6) is 0.175. The minimum absolute atomic E-state index is 0.00538. The second-order valence-electron chi connectivity index (χ2n) is 7.50. The Morgan fingerprint density at radius 2 is 2.07 bits per heavy atom.